The number of benzene rings is 2. The summed E-state index contributed by atoms with van der Waals surface area (Å²) in [6.07, 6.45) is -4.93. The topological polar surface area (TPSA) is 46.5 Å². The van der Waals surface area contributed by atoms with Gasteiger partial charge in [-0.05, 0) is 35.4 Å². The molecule has 0 saturated carbocycles. The van der Waals surface area contributed by atoms with Crippen LogP contribution in [0, 0.1) is 11.6 Å². The molecule has 3 nitrogen and oxygen atoms in total. The normalized spacial score (nSPS) is 11.3. The molecule has 2 rings (SSSR count). The van der Waals surface area contributed by atoms with E-state index in [9.17, 15) is 26.7 Å². The lowest BCUT2D eigenvalue weighted by Crippen LogP contribution is -2.17. The first-order chi connectivity index (χ1) is 10.2. The van der Waals surface area contributed by atoms with Crippen molar-refractivity contribution in [3.05, 3.63) is 53.6 Å². The van der Waals surface area contributed by atoms with E-state index in [0.29, 0.717) is 12.1 Å². The van der Waals surface area contributed by atoms with Crippen LogP contribution in [0.15, 0.2) is 36.4 Å². The summed E-state index contributed by atoms with van der Waals surface area (Å²) in [5, 5.41) is 9.00. The van der Waals surface area contributed by atoms with E-state index in [-0.39, 0.29) is 11.1 Å². The van der Waals surface area contributed by atoms with Gasteiger partial charge >= 0.3 is 12.3 Å². The maximum atomic E-state index is 13.3. The van der Waals surface area contributed by atoms with Crippen molar-refractivity contribution in [3.8, 4) is 16.9 Å². The molecule has 0 spiro atoms. The predicted octanol–water partition coefficient (Wildman–Crippen LogP) is 4.23. The van der Waals surface area contributed by atoms with Crippen LogP contribution in [-0.4, -0.2) is 17.4 Å². The van der Waals surface area contributed by atoms with Crippen LogP contribution in [0.4, 0.5) is 22.0 Å². The second-order valence-electron chi connectivity index (χ2n) is 4.19. The minimum atomic E-state index is -4.93. The molecule has 2 aromatic carbocycles. The summed E-state index contributed by atoms with van der Waals surface area (Å²) in [6, 6.07) is 5.37. The first-order valence-electron chi connectivity index (χ1n) is 5.76. The Hall–Kier alpha value is -2.64. The van der Waals surface area contributed by atoms with Crippen molar-refractivity contribution in [1.29, 1.82) is 0 Å². The summed E-state index contributed by atoms with van der Waals surface area (Å²) in [6.45, 7) is 0. The molecule has 116 valence electrons. The van der Waals surface area contributed by atoms with E-state index in [2.05, 4.69) is 4.74 Å². The number of alkyl halides is 3. The Kier molecular flexibility index (Phi) is 4.03. The highest BCUT2D eigenvalue weighted by Gasteiger charge is 2.31. The second-order valence-corrected chi connectivity index (χ2v) is 4.19. The zero-order valence-corrected chi connectivity index (χ0v) is 10.6. The molecule has 0 saturated heterocycles. The molecule has 0 aliphatic carbocycles. The third-order valence-corrected chi connectivity index (χ3v) is 2.67. The Balaban J connectivity index is 2.54. The molecule has 0 aliphatic rings. The molecular weight excluding hydrogens is 311 g/mol. The lowest BCUT2D eigenvalue weighted by Gasteiger charge is -2.11. The zero-order valence-electron chi connectivity index (χ0n) is 10.6. The number of rotatable bonds is 3. The molecule has 0 amide bonds. The molecule has 0 aromatic heterocycles. The zero-order chi connectivity index (χ0) is 16.5. The molecule has 0 fully saturated rings. The number of halogens is 5. The highest BCUT2D eigenvalue weighted by Crippen LogP contribution is 2.31. The van der Waals surface area contributed by atoms with Crippen LogP contribution in [-0.2, 0) is 0 Å². The van der Waals surface area contributed by atoms with Gasteiger partial charge in [-0.3, -0.25) is 0 Å². The van der Waals surface area contributed by atoms with E-state index < -0.39 is 35.3 Å². The molecule has 22 heavy (non-hydrogen) atoms. The Morgan fingerprint density at radius 3 is 2.27 bits per heavy atom. The molecule has 2 aromatic rings. The fourth-order valence-corrected chi connectivity index (χ4v) is 1.82. The van der Waals surface area contributed by atoms with Crippen molar-refractivity contribution in [2.75, 3.05) is 0 Å². The predicted molar refractivity (Wildman–Crippen MR) is 65.4 cm³/mol. The third kappa shape index (κ3) is 3.51. The van der Waals surface area contributed by atoms with Crippen LogP contribution in [0.1, 0.15) is 10.4 Å². The lowest BCUT2D eigenvalue weighted by atomic mass is 9.99. The van der Waals surface area contributed by atoms with Crippen LogP contribution >= 0.6 is 0 Å². The fraction of sp³-hybridized carbons (Fsp3) is 0.0714. The number of aromatic carboxylic acids is 1. The van der Waals surface area contributed by atoms with Crippen molar-refractivity contribution in [3.63, 3.8) is 0 Å². The second kappa shape index (κ2) is 5.63. The van der Waals surface area contributed by atoms with E-state index >= 15 is 0 Å². The van der Waals surface area contributed by atoms with Crippen molar-refractivity contribution >= 4 is 5.97 Å². The summed E-state index contributed by atoms with van der Waals surface area (Å²) in [4.78, 5) is 11.1. The van der Waals surface area contributed by atoms with Gasteiger partial charge in [-0.1, -0.05) is 12.1 Å². The summed E-state index contributed by atoms with van der Waals surface area (Å²) < 4.78 is 66.7. The van der Waals surface area contributed by atoms with Crippen LogP contribution in [0.2, 0.25) is 0 Å². The number of hydrogen-bond acceptors (Lipinski definition) is 2. The van der Waals surface area contributed by atoms with Gasteiger partial charge in [-0.2, -0.15) is 0 Å². The van der Waals surface area contributed by atoms with Crippen molar-refractivity contribution in [1.82, 2.24) is 0 Å². The van der Waals surface area contributed by atoms with E-state index in [1.807, 2.05) is 0 Å². The average molecular weight is 318 g/mol. The Bertz CT molecular complexity index is 725. The van der Waals surface area contributed by atoms with Crippen LogP contribution in [0.25, 0.3) is 11.1 Å². The van der Waals surface area contributed by atoms with Crippen LogP contribution in [0.3, 0.4) is 0 Å². The molecule has 0 radical (unpaired) electrons. The molecular formula is C14H7F5O3. The van der Waals surface area contributed by atoms with E-state index in [1.54, 1.807) is 0 Å². The average Bonchev–Trinajstić information content (AvgIpc) is 2.39. The maximum absolute atomic E-state index is 13.3. The number of carboxylic acid groups (broad SMARTS) is 1. The van der Waals surface area contributed by atoms with E-state index in [4.69, 9.17) is 5.11 Å². The Morgan fingerprint density at radius 2 is 1.68 bits per heavy atom. The SMILES string of the molecule is O=C(O)c1cc(F)c(F)cc1-c1cccc(OC(F)(F)F)c1. The first kappa shape index (κ1) is 15.7. The van der Waals surface area contributed by atoms with Gasteiger partial charge in [-0.15, -0.1) is 13.2 Å². The quantitative estimate of drug-likeness (QED) is 0.862. The van der Waals surface area contributed by atoms with Gasteiger partial charge in [0.25, 0.3) is 0 Å². The Labute approximate surface area is 120 Å². The number of carboxylic acids is 1. The highest BCUT2D eigenvalue weighted by atomic mass is 19.4. The smallest absolute Gasteiger partial charge is 0.478 e. The molecule has 0 atom stereocenters. The van der Waals surface area contributed by atoms with E-state index in [1.165, 1.54) is 12.1 Å². The largest absolute Gasteiger partial charge is 0.573 e. The molecule has 1 N–H and O–H groups in total. The monoisotopic (exact) mass is 318 g/mol. The van der Waals surface area contributed by atoms with Crippen LogP contribution < -0.4 is 4.74 Å². The van der Waals surface area contributed by atoms with Gasteiger partial charge in [-0.25, -0.2) is 13.6 Å². The molecule has 0 unspecified atom stereocenters. The summed E-state index contributed by atoms with van der Waals surface area (Å²) in [5.74, 6) is -4.84. The van der Waals surface area contributed by atoms with Gasteiger partial charge in [0.1, 0.15) is 5.75 Å². The number of ether oxygens (including phenoxy) is 1. The summed E-state index contributed by atoms with van der Waals surface area (Å²) >= 11 is 0. The van der Waals surface area contributed by atoms with Crippen molar-refractivity contribution in [2.45, 2.75) is 6.36 Å². The molecule has 0 aliphatic heterocycles. The third-order valence-electron chi connectivity index (χ3n) is 2.67. The summed E-state index contributed by atoms with van der Waals surface area (Å²) in [5.41, 5.74) is -0.903. The van der Waals surface area contributed by atoms with Crippen molar-refractivity contribution < 1.29 is 36.6 Å². The first-order valence-corrected chi connectivity index (χ1v) is 5.76. The van der Waals surface area contributed by atoms with Gasteiger partial charge in [0.05, 0.1) is 5.56 Å². The number of hydrogen-bond donors (Lipinski definition) is 1. The fourth-order valence-electron chi connectivity index (χ4n) is 1.82. The van der Waals surface area contributed by atoms with Gasteiger partial charge in [0.2, 0.25) is 0 Å². The van der Waals surface area contributed by atoms with Crippen LogP contribution in [0.5, 0.6) is 5.75 Å². The minimum Gasteiger partial charge on any atom is -0.478 e. The minimum absolute atomic E-state index is 0.0574. The maximum Gasteiger partial charge on any atom is 0.573 e. The highest BCUT2D eigenvalue weighted by molar-refractivity contribution is 5.96. The molecule has 8 heteroatoms. The lowest BCUT2D eigenvalue weighted by molar-refractivity contribution is -0.274. The molecule has 0 heterocycles. The summed E-state index contributed by atoms with van der Waals surface area (Å²) in [7, 11) is 0. The van der Waals surface area contributed by atoms with Gasteiger partial charge < -0.3 is 9.84 Å². The number of carbonyl (C=O) groups is 1. The standard InChI is InChI=1S/C14H7F5O3/c15-11-5-9(10(13(20)21)6-12(11)16)7-2-1-3-8(4-7)22-14(17,18)19/h1-6H,(H,20,21). The van der Waals surface area contributed by atoms with Crippen molar-refractivity contribution in [2.24, 2.45) is 0 Å². The van der Waals surface area contributed by atoms with Gasteiger partial charge in [0, 0.05) is 0 Å². The van der Waals surface area contributed by atoms with Gasteiger partial charge in [0.15, 0.2) is 11.6 Å². The Morgan fingerprint density at radius 1 is 1.05 bits per heavy atom. The van der Waals surface area contributed by atoms with E-state index in [0.717, 1.165) is 12.1 Å². The molecule has 0 bridgehead atoms.